The Labute approximate surface area is 179 Å². The van der Waals surface area contributed by atoms with Gasteiger partial charge < -0.3 is 10.1 Å². The van der Waals surface area contributed by atoms with E-state index in [9.17, 15) is 35.9 Å². The molecular weight excluding hydrogens is 444 g/mol. The van der Waals surface area contributed by atoms with Crippen molar-refractivity contribution in [2.75, 3.05) is 19.7 Å². The predicted molar refractivity (Wildman–Crippen MR) is 101 cm³/mol. The van der Waals surface area contributed by atoms with Crippen molar-refractivity contribution < 1.29 is 40.7 Å². The van der Waals surface area contributed by atoms with Crippen LogP contribution in [0.3, 0.4) is 0 Å². The van der Waals surface area contributed by atoms with Crippen LogP contribution >= 0.6 is 0 Å². The second kappa shape index (κ2) is 9.88. The summed E-state index contributed by atoms with van der Waals surface area (Å²) in [5.41, 5.74) is -3.18. The van der Waals surface area contributed by atoms with Gasteiger partial charge in [-0.15, -0.1) is 0 Å². The summed E-state index contributed by atoms with van der Waals surface area (Å²) in [5, 5.41) is 2.27. The maximum Gasteiger partial charge on any atom is 0.418 e. The second-order valence-electron chi connectivity index (χ2n) is 6.62. The van der Waals surface area contributed by atoms with Gasteiger partial charge in [0.2, 0.25) is 5.91 Å². The third kappa shape index (κ3) is 6.34. The van der Waals surface area contributed by atoms with Gasteiger partial charge in [0.1, 0.15) is 13.2 Å². The van der Waals surface area contributed by atoms with E-state index >= 15 is 0 Å². The number of nitrogens with zero attached hydrogens (tertiary/aromatic N) is 2. The van der Waals surface area contributed by atoms with Crippen LogP contribution < -0.4 is 5.32 Å². The molecule has 1 atom stereocenters. The first-order valence-corrected chi connectivity index (χ1v) is 9.18. The minimum absolute atomic E-state index is 0.0486. The lowest BCUT2D eigenvalue weighted by Crippen LogP contribution is -2.40. The minimum Gasteiger partial charge on any atom is -0.448 e. The minimum atomic E-state index is -4.85. The van der Waals surface area contributed by atoms with E-state index in [1.165, 1.54) is 0 Å². The summed E-state index contributed by atoms with van der Waals surface area (Å²) < 4.78 is 84.0. The molecule has 12 heteroatoms. The largest absolute Gasteiger partial charge is 0.448 e. The number of carbonyl (C=O) groups is 2. The Kier molecular flexibility index (Phi) is 7.70. The standard InChI is InChI=1S/C20H19F6N3O3/c1-3-13(19(21,22)23)7-6-12(2)16(17-14(20(24,25)26)5-4-8-27-17)28-15(30)11-29-9-10-32-18(29)31/h3-8,16H,2,9-11H2,1H3,(H,28,30)/b7-6-,13-3+/t16-/m0/s1. The number of amides is 2. The molecule has 2 rings (SSSR count). The molecule has 0 spiro atoms. The first kappa shape index (κ1) is 25.0. The van der Waals surface area contributed by atoms with Crippen molar-refractivity contribution in [2.24, 2.45) is 0 Å². The molecule has 1 N–H and O–H groups in total. The Hall–Kier alpha value is -3.31. The molecule has 0 saturated carbocycles. The third-order valence-electron chi connectivity index (χ3n) is 4.39. The van der Waals surface area contributed by atoms with Crippen molar-refractivity contribution in [1.29, 1.82) is 0 Å². The number of alkyl halides is 6. The summed E-state index contributed by atoms with van der Waals surface area (Å²) in [5.74, 6) is -0.871. The molecule has 1 aliphatic heterocycles. The first-order valence-electron chi connectivity index (χ1n) is 9.18. The highest BCUT2D eigenvalue weighted by atomic mass is 19.4. The molecule has 6 nitrogen and oxygen atoms in total. The van der Waals surface area contributed by atoms with Crippen molar-refractivity contribution in [1.82, 2.24) is 15.2 Å². The van der Waals surface area contributed by atoms with E-state index in [0.29, 0.717) is 6.08 Å². The van der Waals surface area contributed by atoms with Crippen molar-refractivity contribution in [3.05, 3.63) is 65.5 Å². The second-order valence-corrected chi connectivity index (χ2v) is 6.62. The highest BCUT2D eigenvalue weighted by Crippen LogP contribution is 2.36. The molecule has 174 valence electrons. The number of cyclic esters (lactones) is 1. The number of halogens is 6. The zero-order valence-electron chi connectivity index (χ0n) is 16.8. The summed E-state index contributed by atoms with van der Waals surface area (Å²) in [6.45, 7) is 4.30. The molecule has 1 aromatic rings. The zero-order chi connectivity index (χ0) is 24.1. The Bertz CT molecular complexity index is 937. The molecule has 1 aliphatic rings. The van der Waals surface area contributed by atoms with Crippen molar-refractivity contribution in [3.8, 4) is 0 Å². The average Bonchev–Trinajstić information content (AvgIpc) is 3.09. The molecule has 0 aliphatic carbocycles. The molecule has 1 saturated heterocycles. The lowest BCUT2D eigenvalue weighted by Gasteiger charge is -2.23. The van der Waals surface area contributed by atoms with E-state index in [1.54, 1.807) is 0 Å². The highest BCUT2D eigenvalue weighted by molar-refractivity contribution is 5.83. The summed E-state index contributed by atoms with van der Waals surface area (Å²) in [6, 6.07) is 0.149. The molecule has 0 aromatic carbocycles. The van der Waals surface area contributed by atoms with Gasteiger partial charge in [0.15, 0.2) is 0 Å². The van der Waals surface area contributed by atoms with Crippen molar-refractivity contribution >= 4 is 12.0 Å². The number of hydrogen-bond acceptors (Lipinski definition) is 4. The lowest BCUT2D eigenvalue weighted by atomic mass is 9.98. The summed E-state index contributed by atoms with van der Waals surface area (Å²) >= 11 is 0. The van der Waals surface area contributed by atoms with Gasteiger partial charge in [0.25, 0.3) is 0 Å². The molecular formula is C20H19F6N3O3. The van der Waals surface area contributed by atoms with Crippen LogP contribution in [-0.4, -0.2) is 47.8 Å². The summed E-state index contributed by atoms with van der Waals surface area (Å²) in [6.07, 6.45) is -7.00. The van der Waals surface area contributed by atoms with Crippen molar-refractivity contribution in [3.63, 3.8) is 0 Å². The monoisotopic (exact) mass is 463 g/mol. The predicted octanol–water partition coefficient (Wildman–Crippen LogP) is 4.33. The highest BCUT2D eigenvalue weighted by Gasteiger charge is 2.37. The van der Waals surface area contributed by atoms with Crippen molar-refractivity contribution in [2.45, 2.75) is 25.3 Å². The number of allylic oxidation sites excluding steroid dienone is 3. The average molecular weight is 463 g/mol. The van der Waals surface area contributed by atoms with Crippen LogP contribution in [0.5, 0.6) is 0 Å². The first-order chi connectivity index (χ1) is 14.8. The quantitative estimate of drug-likeness (QED) is 0.483. The lowest BCUT2D eigenvalue weighted by molar-refractivity contribution is -0.139. The SMILES string of the molecule is C=C(/C=C\C(=C/C)C(F)(F)F)[C@H](NC(=O)CN1CCOC1=O)c1ncccc1C(F)(F)F. The molecule has 1 aromatic heterocycles. The molecule has 0 unspecified atom stereocenters. The van der Waals surface area contributed by atoms with E-state index in [2.05, 4.69) is 21.6 Å². The van der Waals surface area contributed by atoms with Gasteiger partial charge in [-0.1, -0.05) is 24.8 Å². The van der Waals surface area contributed by atoms with Gasteiger partial charge in [-0.3, -0.25) is 14.7 Å². The van der Waals surface area contributed by atoms with E-state index in [0.717, 1.165) is 42.3 Å². The van der Waals surface area contributed by atoms with E-state index in [1.807, 2.05) is 0 Å². The van der Waals surface area contributed by atoms with Crippen LogP contribution in [0, 0.1) is 0 Å². The topological polar surface area (TPSA) is 71.5 Å². The van der Waals surface area contributed by atoms with Gasteiger partial charge >= 0.3 is 18.4 Å². The van der Waals surface area contributed by atoms with Crippen LogP contribution in [-0.2, 0) is 15.7 Å². The maximum absolute atomic E-state index is 13.5. The molecule has 2 heterocycles. The molecule has 1 fully saturated rings. The smallest absolute Gasteiger partial charge is 0.418 e. The molecule has 0 bridgehead atoms. The Balaban J connectivity index is 2.38. The number of aromatic nitrogens is 1. The van der Waals surface area contributed by atoms with Crippen LogP contribution in [0.25, 0.3) is 0 Å². The fraction of sp³-hybridized carbons (Fsp3) is 0.350. The van der Waals surface area contributed by atoms with E-state index in [-0.39, 0.29) is 18.7 Å². The Morgan fingerprint density at radius 1 is 1.31 bits per heavy atom. The molecule has 0 radical (unpaired) electrons. The van der Waals surface area contributed by atoms with Gasteiger partial charge in [-0.05, 0) is 24.6 Å². The normalized spacial score (nSPS) is 16.3. The number of rotatable bonds is 7. The Morgan fingerprint density at radius 3 is 2.53 bits per heavy atom. The molecule has 2 amide bonds. The van der Waals surface area contributed by atoms with Crippen LogP contribution in [0.2, 0.25) is 0 Å². The number of hydrogen-bond donors (Lipinski definition) is 1. The molecule has 32 heavy (non-hydrogen) atoms. The maximum atomic E-state index is 13.5. The zero-order valence-corrected chi connectivity index (χ0v) is 16.8. The van der Waals surface area contributed by atoms with Gasteiger partial charge in [-0.25, -0.2) is 4.79 Å². The van der Waals surface area contributed by atoms with Crippen LogP contribution in [0.4, 0.5) is 31.1 Å². The third-order valence-corrected chi connectivity index (χ3v) is 4.39. The number of pyridine rings is 1. The number of ether oxygens (including phenoxy) is 1. The van der Waals surface area contributed by atoms with E-state index in [4.69, 9.17) is 0 Å². The van der Waals surface area contributed by atoms with Gasteiger partial charge in [-0.2, -0.15) is 26.3 Å². The summed E-state index contributed by atoms with van der Waals surface area (Å²) in [7, 11) is 0. The van der Waals surface area contributed by atoms with Crippen LogP contribution in [0.15, 0.2) is 54.3 Å². The fourth-order valence-electron chi connectivity index (χ4n) is 2.82. The summed E-state index contributed by atoms with van der Waals surface area (Å²) in [4.78, 5) is 28.6. The number of nitrogens with one attached hydrogen (secondary N) is 1. The van der Waals surface area contributed by atoms with Gasteiger partial charge in [0.05, 0.1) is 29.4 Å². The van der Waals surface area contributed by atoms with Gasteiger partial charge in [0, 0.05) is 6.20 Å². The van der Waals surface area contributed by atoms with Crippen LogP contribution in [0.1, 0.15) is 24.2 Å². The fourth-order valence-corrected chi connectivity index (χ4v) is 2.82. The Morgan fingerprint density at radius 2 is 2.00 bits per heavy atom. The van der Waals surface area contributed by atoms with E-state index < -0.39 is 53.8 Å². The number of carbonyl (C=O) groups excluding carboxylic acids is 2.